The summed E-state index contributed by atoms with van der Waals surface area (Å²) < 4.78 is 1.63. The molecule has 1 aromatic carbocycles. The summed E-state index contributed by atoms with van der Waals surface area (Å²) in [5.41, 5.74) is 1.54. The molecule has 1 saturated carbocycles. The van der Waals surface area contributed by atoms with Crippen molar-refractivity contribution in [3.8, 4) is 5.69 Å². The van der Waals surface area contributed by atoms with Crippen molar-refractivity contribution >= 4 is 11.7 Å². The zero-order chi connectivity index (χ0) is 16.2. The molecule has 23 heavy (non-hydrogen) atoms. The summed E-state index contributed by atoms with van der Waals surface area (Å²) in [6.45, 7) is 4.03. The van der Waals surface area contributed by atoms with Gasteiger partial charge in [0.1, 0.15) is 0 Å². The van der Waals surface area contributed by atoms with E-state index in [9.17, 15) is 4.79 Å². The van der Waals surface area contributed by atoms with Gasteiger partial charge in [0.15, 0.2) is 5.82 Å². The lowest BCUT2D eigenvalue weighted by Gasteiger charge is -2.29. The highest BCUT2D eigenvalue weighted by Gasteiger charge is 2.22. The topological polar surface area (TPSA) is 84.7 Å². The van der Waals surface area contributed by atoms with E-state index in [-0.39, 0.29) is 12.1 Å². The van der Waals surface area contributed by atoms with Gasteiger partial charge < -0.3 is 10.6 Å². The monoisotopic (exact) mass is 314 g/mol. The van der Waals surface area contributed by atoms with Gasteiger partial charge in [-0.3, -0.25) is 0 Å². The third-order valence-electron chi connectivity index (χ3n) is 4.40. The van der Waals surface area contributed by atoms with Crippen LogP contribution in [0.1, 0.15) is 38.4 Å². The maximum absolute atomic E-state index is 12.2. The van der Waals surface area contributed by atoms with Crippen LogP contribution in [0, 0.1) is 12.8 Å². The first-order valence-electron chi connectivity index (χ1n) is 8.06. The van der Waals surface area contributed by atoms with Crippen LogP contribution in [-0.4, -0.2) is 32.3 Å². The Bertz CT molecular complexity index is 683. The van der Waals surface area contributed by atoms with Crippen LogP contribution >= 0.6 is 0 Å². The van der Waals surface area contributed by atoms with E-state index >= 15 is 0 Å². The molecule has 2 N–H and O–H groups in total. The predicted octanol–water partition coefficient (Wildman–Crippen LogP) is 2.67. The lowest BCUT2D eigenvalue weighted by molar-refractivity contribution is 0.232. The molecule has 7 nitrogen and oxygen atoms in total. The Morgan fingerprint density at radius 3 is 2.87 bits per heavy atom. The zero-order valence-corrected chi connectivity index (χ0v) is 13.5. The van der Waals surface area contributed by atoms with Gasteiger partial charge in [-0.05, 0) is 54.3 Å². The molecule has 2 amide bonds. The number of nitrogens with zero attached hydrogens (tertiary/aromatic N) is 4. The largest absolute Gasteiger partial charge is 0.335 e. The Hall–Kier alpha value is -2.44. The van der Waals surface area contributed by atoms with E-state index in [0.29, 0.717) is 11.7 Å². The van der Waals surface area contributed by atoms with E-state index in [1.807, 2.05) is 31.2 Å². The van der Waals surface area contributed by atoms with E-state index in [1.165, 1.54) is 19.3 Å². The molecular weight excluding hydrogens is 292 g/mol. The van der Waals surface area contributed by atoms with E-state index in [2.05, 4.69) is 33.1 Å². The number of aryl methyl sites for hydroxylation is 1. The molecule has 1 aliphatic carbocycles. The number of hydrogen-bond acceptors (Lipinski definition) is 4. The van der Waals surface area contributed by atoms with Crippen LogP contribution in [0.25, 0.3) is 5.69 Å². The van der Waals surface area contributed by atoms with Gasteiger partial charge in [0, 0.05) is 11.7 Å². The number of rotatable bonds is 3. The van der Waals surface area contributed by atoms with E-state index in [1.54, 1.807) is 4.68 Å². The molecule has 122 valence electrons. The summed E-state index contributed by atoms with van der Waals surface area (Å²) in [6.07, 6.45) is 4.68. The van der Waals surface area contributed by atoms with Gasteiger partial charge in [-0.15, -0.1) is 5.10 Å². The van der Waals surface area contributed by atoms with Crippen molar-refractivity contribution in [2.45, 2.75) is 45.6 Å². The minimum absolute atomic E-state index is 0.158. The van der Waals surface area contributed by atoms with Crippen LogP contribution in [-0.2, 0) is 0 Å². The van der Waals surface area contributed by atoms with Crippen LogP contribution in [0.4, 0.5) is 10.5 Å². The van der Waals surface area contributed by atoms with Gasteiger partial charge in [0.25, 0.3) is 0 Å². The number of tetrazole rings is 1. The number of carbonyl (C=O) groups is 1. The van der Waals surface area contributed by atoms with Gasteiger partial charge in [-0.2, -0.15) is 4.68 Å². The first-order chi connectivity index (χ1) is 11.1. The summed E-state index contributed by atoms with van der Waals surface area (Å²) in [5, 5.41) is 17.4. The van der Waals surface area contributed by atoms with Crippen LogP contribution in [0.5, 0.6) is 0 Å². The molecule has 1 aromatic heterocycles. The zero-order valence-electron chi connectivity index (χ0n) is 13.5. The third kappa shape index (κ3) is 3.67. The minimum atomic E-state index is -0.158. The van der Waals surface area contributed by atoms with Crippen LogP contribution in [0.15, 0.2) is 24.3 Å². The fraction of sp³-hybridized carbons (Fsp3) is 0.500. The molecule has 0 unspecified atom stereocenters. The Morgan fingerprint density at radius 1 is 1.30 bits per heavy atom. The summed E-state index contributed by atoms with van der Waals surface area (Å²) in [7, 11) is 0. The van der Waals surface area contributed by atoms with Crippen molar-refractivity contribution in [2.75, 3.05) is 5.32 Å². The molecule has 7 heteroatoms. The first-order valence-corrected chi connectivity index (χ1v) is 8.06. The molecule has 1 fully saturated rings. The number of anilines is 1. The normalized spacial score (nSPS) is 21.0. The van der Waals surface area contributed by atoms with Crippen molar-refractivity contribution in [1.82, 2.24) is 25.5 Å². The maximum Gasteiger partial charge on any atom is 0.319 e. The highest BCUT2D eigenvalue weighted by Crippen LogP contribution is 2.23. The molecule has 3 rings (SSSR count). The highest BCUT2D eigenvalue weighted by molar-refractivity contribution is 5.89. The standard InChI is InChI=1S/C16H22N6O/c1-11-6-3-4-9-15(11)18-16(23)17-13-7-5-8-14(10-13)22-12(2)19-20-21-22/h5,7-8,10-11,15H,3-4,6,9H2,1-2H3,(H2,17,18,23)/t11-,15+/m1/s1. The lowest BCUT2D eigenvalue weighted by Crippen LogP contribution is -2.43. The molecule has 0 aliphatic heterocycles. The van der Waals surface area contributed by atoms with E-state index in [4.69, 9.17) is 0 Å². The van der Waals surface area contributed by atoms with Crippen molar-refractivity contribution in [3.05, 3.63) is 30.1 Å². The Kier molecular flexibility index (Phi) is 4.55. The summed E-state index contributed by atoms with van der Waals surface area (Å²) in [5.74, 6) is 1.23. The molecule has 1 aliphatic rings. The quantitative estimate of drug-likeness (QED) is 0.912. The van der Waals surface area contributed by atoms with Gasteiger partial charge in [0.2, 0.25) is 0 Å². The fourth-order valence-corrected chi connectivity index (χ4v) is 3.05. The average Bonchev–Trinajstić information content (AvgIpc) is 2.96. The highest BCUT2D eigenvalue weighted by atomic mass is 16.2. The third-order valence-corrected chi connectivity index (χ3v) is 4.40. The van der Waals surface area contributed by atoms with Crippen molar-refractivity contribution in [3.63, 3.8) is 0 Å². The minimum Gasteiger partial charge on any atom is -0.335 e. The summed E-state index contributed by atoms with van der Waals surface area (Å²) in [4.78, 5) is 12.2. The van der Waals surface area contributed by atoms with Crippen molar-refractivity contribution in [2.24, 2.45) is 5.92 Å². The Morgan fingerprint density at radius 2 is 2.13 bits per heavy atom. The van der Waals surface area contributed by atoms with Gasteiger partial charge in [0.05, 0.1) is 5.69 Å². The number of carbonyl (C=O) groups excluding carboxylic acids is 1. The van der Waals surface area contributed by atoms with E-state index < -0.39 is 0 Å². The SMILES string of the molecule is Cc1nnnn1-c1cccc(NC(=O)N[C@H]2CCCC[C@H]2C)c1. The predicted molar refractivity (Wildman–Crippen MR) is 87.5 cm³/mol. The number of urea groups is 1. The second kappa shape index (κ2) is 6.76. The molecule has 0 saturated heterocycles. The fourth-order valence-electron chi connectivity index (χ4n) is 3.05. The summed E-state index contributed by atoms with van der Waals surface area (Å²) in [6, 6.07) is 7.58. The molecule has 0 radical (unpaired) electrons. The Balaban J connectivity index is 1.66. The molecule has 2 aromatic rings. The maximum atomic E-state index is 12.2. The molecule has 0 bridgehead atoms. The number of amides is 2. The van der Waals surface area contributed by atoms with Crippen molar-refractivity contribution < 1.29 is 4.79 Å². The average molecular weight is 314 g/mol. The smallest absolute Gasteiger partial charge is 0.319 e. The molecule has 2 atom stereocenters. The number of aromatic nitrogens is 4. The van der Waals surface area contributed by atoms with Gasteiger partial charge in [-0.1, -0.05) is 25.8 Å². The molecule has 0 spiro atoms. The molecular formula is C16H22N6O. The number of benzene rings is 1. The second-order valence-corrected chi connectivity index (χ2v) is 6.15. The Labute approximate surface area is 135 Å². The van der Waals surface area contributed by atoms with Crippen molar-refractivity contribution in [1.29, 1.82) is 0 Å². The van der Waals surface area contributed by atoms with Gasteiger partial charge in [-0.25, -0.2) is 4.79 Å². The van der Waals surface area contributed by atoms with Crippen LogP contribution < -0.4 is 10.6 Å². The molecule has 1 heterocycles. The van der Waals surface area contributed by atoms with Crippen LogP contribution in [0.3, 0.4) is 0 Å². The second-order valence-electron chi connectivity index (χ2n) is 6.15. The van der Waals surface area contributed by atoms with Gasteiger partial charge >= 0.3 is 6.03 Å². The summed E-state index contributed by atoms with van der Waals surface area (Å²) >= 11 is 0. The lowest BCUT2D eigenvalue weighted by atomic mass is 9.86. The van der Waals surface area contributed by atoms with Crippen LogP contribution in [0.2, 0.25) is 0 Å². The first kappa shape index (κ1) is 15.5. The number of nitrogens with one attached hydrogen (secondary N) is 2. The number of hydrogen-bond donors (Lipinski definition) is 2. The van der Waals surface area contributed by atoms with E-state index in [0.717, 1.165) is 17.8 Å².